The predicted molar refractivity (Wildman–Crippen MR) is 142 cm³/mol. The molecule has 0 bridgehead atoms. The maximum atomic E-state index is 10.3. The Bertz CT molecular complexity index is 1250. The van der Waals surface area contributed by atoms with Gasteiger partial charge in [-0.05, 0) is 140 Å². The smallest absolute Gasteiger partial charge is 0.118 e. The van der Waals surface area contributed by atoms with E-state index in [0.717, 1.165) is 22.3 Å². The second kappa shape index (κ2) is 7.52. The van der Waals surface area contributed by atoms with E-state index in [4.69, 9.17) is 0 Å². The largest absolute Gasteiger partial charge is 0.508 e. The van der Waals surface area contributed by atoms with Crippen LogP contribution in [-0.2, 0) is 5.41 Å². The van der Waals surface area contributed by atoms with Crippen LogP contribution in [-0.4, -0.2) is 10.2 Å². The lowest BCUT2D eigenvalue weighted by molar-refractivity contribution is 0.470. The average Bonchev–Trinajstić information content (AvgIpc) is 3.01. The molecule has 0 fully saturated rings. The minimum absolute atomic E-state index is 0.296. The number of benzene rings is 4. The van der Waals surface area contributed by atoms with Crippen molar-refractivity contribution >= 4 is 45.2 Å². The van der Waals surface area contributed by atoms with E-state index in [2.05, 4.69) is 93.7 Å². The highest BCUT2D eigenvalue weighted by molar-refractivity contribution is 14.1. The molecule has 154 valence electrons. The van der Waals surface area contributed by atoms with Crippen molar-refractivity contribution in [2.24, 2.45) is 0 Å². The fourth-order valence-electron chi connectivity index (χ4n) is 4.83. The highest BCUT2D eigenvalue weighted by Gasteiger charge is 2.46. The summed E-state index contributed by atoms with van der Waals surface area (Å²) in [5.74, 6) is 0.592. The van der Waals surface area contributed by atoms with Gasteiger partial charge in [0.15, 0.2) is 0 Å². The van der Waals surface area contributed by atoms with Crippen LogP contribution in [0.3, 0.4) is 0 Å². The van der Waals surface area contributed by atoms with Gasteiger partial charge in [-0.3, -0.25) is 0 Å². The van der Waals surface area contributed by atoms with E-state index in [1.54, 1.807) is 12.1 Å². The van der Waals surface area contributed by atoms with Gasteiger partial charge in [0.05, 0.1) is 5.41 Å². The van der Waals surface area contributed by atoms with Gasteiger partial charge in [0.1, 0.15) is 11.5 Å². The summed E-state index contributed by atoms with van der Waals surface area (Å²) in [4.78, 5) is 0. The molecule has 31 heavy (non-hydrogen) atoms. The molecule has 0 atom stereocenters. The van der Waals surface area contributed by atoms with Gasteiger partial charge < -0.3 is 10.2 Å². The van der Waals surface area contributed by atoms with Gasteiger partial charge in [-0.2, -0.15) is 0 Å². The number of phenolic OH excluding ortho intramolecular Hbond substituents is 2. The summed E-state index contributed by atoms with van der Waals surface area (Å²) in [5.41, 5.74) is 8.28. The molecule has 0 radical (unpaired) electrons. The Morgan fingerprint density at radius 1 is 0.581 bits per heavy atom. The number of halogens is 2. The third-order valence-corrected chi connectivity index (χ3v) is 7.66. The van der Waals surface area contributed by atoms with Crippen LogP contribution in [0.4, 0.5) is 0 Å². The fraction of sp³-hybridized carbons (Fsp3) is 0.111. The van der Waals surface area contributed by atoms with E-state index < -0.39 is 5.41 Å². The number of aryl methyl sites for hydroxylation is 2. The van der Waals surface area contributed by atoms with Crippen molar-refractivity contribution in [2.75, 3.05) is 0 Å². The first-order chi connectivity index (χ1) is 14.8. The monoisotopic (exact) mass is 630 g/mol. The molecule has 2 nitrogen and oxygen atoms in total. The van der Waals surface area contributed by atoms with E-state index in [-0.39, 0.29) is 0 Å². The van der Waals surface area contributed by atoms with Gasteiger partial charge >= 0.3 is 0 Å². The minimum Gasteiger partial charge on any atom is -0.508 e. The molecule has 0 heterocycles. The van der Waals surface area contributed by atoms with Gasteiger partial charge in [-0.1, -0.05) is 36.4 Å². The molecule has 0 aliphatic heterocycles. The van der Waals surface area contributed by atoms with E-state index in [9.17, 15) is 10.2 Å². The molecule has 0 unspecified atom stereocenters. The number of hydrogen-bond donors (Lipinski definition) is 2. The van der Waals surface area contributed by atoms with Crippen molar-refractivity contribution in [3.8, 4) is 22.6 Å². The molecule has 0 amide bonds. The first-order valence-corrected chi connectivity index (χ1v) is 12.2. The molecule has 5 rings (SSSR count). The Hall–Kier alpha value is -2.06. The standard InChI is InChI=1S/C27H20I2O2/c1-15-11-17(3-9-25(15)30)27(18-4-10-26(31)16(2)12-18)23-13-19(28)5-7-21(23)22-8-6-20(29)14-24(22)27/h3-14,30-31H,1-2H3. The van der Waals surface area contributed by atoms with Crippen molar-refractivity contribution in [2.45, 2.75) is 19.3 Å². The fourth-order valence-corrected chi connectivity index (χ4v) is 5.82. The van der Waals surface area contributed by atoms with E-state index >= 15 is 0 Å². The van der Waals surface area contributed by atoms with Gasteiger partial charge in [-0.25, -0.2) is 0 Å². The summed E-state index contributed by atoms with van der Waals surface area (Å²) in [6, 6.07) is 25.1. The first kappa shape index (κ1) is 20.8. The highest BCUT2D eigenvalue weighted by atomic mass is 127. The average molecular weight is 630 g/mol. The van der Waals surface area contributed by atoms with Crippen LogP contribution in [0.15, 0.2) is 72.8 Å². The number of hydrogen-bond acceptors (Lipinski definition) is 2. The molecule has 4 aromatic rings. The Morgan fingerprint density at radius 2 is 1.00 bits per heavy atom. The lowest BCUT2D eigenvalue weighted by atomic mass is 9.67. The lowest BCUT2D eigenvalue weighted by Gasteiger charge is -2.34. The van der Waals surface area contributed by atoms with Crippen LogP contribution in [0.5, 0.6) is 11.5 Å². The van der Waals surface area contributed by atoms with Gasteiger partial charge in [0.2, 0.25) is 0 Å². The molecule has 4 aromatic carbocycles. The van der Waals surface area contributed by atoms with Crippen molar-refractivity contribution in [3.63, 3.8) is 0 Å². The quantitative estimate of drug-likeness (QED) is 0.201. The second-order valence-corrected chi connectivity index (χ2v) is 10.6. The van der Waals surface area contributed by atoms with E-state index in [0.29, 0.717) is 11.5 Å². The summed E-state index contributed by atoms with van der Waals surface area (Å²) < 4.78 is 2.35. The molecular formula is C27H20I2O2. The third-order valence-electron chi connectivity index (χ3n) is 6.32. The Balaban J connectivity index is 2.00. The highest BCUT2D eigenvalue weighted by Crippen LogP contribution is 2.57. The van der Waals surface area contributed by atoms with Gasteiger partial charge in [0, 0.05) is 7.14 Å². The first-order valence-electron chi connectivity index (χ1n) is 10.0. The zero-order chi connectivity index (χ0) is 21.9. The molecular weight excluding hydrogens is 610 g/mol. The summed E-state index contributed by atoms with van der Waals surface area (Å²) in [7, 11) is 0. The lowest BCUT2D eigenvalue weighted by Crippen LogP contribution is -2.29. The summed E-state index contributed by atoms with van der Waals surface area (Å²) in [5, 5.41) is 20.5. The number of fused-ring (bicyclic) bond motifs is 3. The molecule has 0 aromatic heterocycles. The van der Waals surface area contributed by atoms with Crippen molar-refractivity contribution in [1.82, 2.24) is 0 Å². The second-order valence-electron chi connectivity index (χ2n) is 8.13. The Labute approximate surface area is 209 Å². The Kier molecular flexibility index (Phi) is 5.05. The Morgan fingerprint density at radius 3 is 1.39 bits per heavy atom. The number of phenols is 2. The van der Waals surface area contributed by atoms with Crippen LogP contribution in [0.25, 0.3) is 11.1 Å². The van der Waals surface area contributed by atoms with Crippen LogP contribution in [0.1, 0.15) is 33.4 Å². The molecule has 0 spiro atoms. The maximum Gasteiger partial charge on any atom is 0.118 e. The normalized spacial score (nSPS) is 13.7. The predicted octanol–water partition coefficient (Wildman–Crippen LogP) is 7.29. The van der Waals surface area contributed by atoms with Crippen LogP contribution < -0.4 is 0 Å². The van der Waals surface area contributed by atoms with E-state index in [1.165, 1.54) is 29.4 Å². The minimum atomic E-state index is -0.538. The maximum absolute atomic E-state index is 10.3. The van der Waals surface area contributed by atoms with Crippen LogP contribution in [0, 0.1) is 21.0 Å². The van der Waals surface area contributed by atoms with Gasteiger partial charge in [-0.15, -0.1) is 0 Å². The molecule has 4 heteroatoms. The summed E-state index contributed by atoms with van der Waals surface area (Å²) in [6.45, 7) is 3.88. The summed E-state index contributed by atoms with van der Waals surface area (Å²) >= 11 is 4.75. The SMILES string of the molecule is Cc1cc(C2(c3ccc(O)c(C)c3)c3cc(I)ccc3-c3ccc(I)cc32)ccc1O. The van der Waals surface area contributed by atoms with E-state index in [1.807, 2.05) is 26.0 Å². The number of rotatable bonds is 2. The molecule has 1 aliphatic carbocycles. The van der Waals surface area contributed by atoms with Crippen molar-refractivity contribution in [1.29, 1.82) is 0 Å². The summed E-state index contributed by atoms with van der Waals surface area (Å²) in [6.07, 6.45) is 0. The molecule has 1 aliphatic rings. The van der Waals surface area contributed by atoms with Crippen LogP contribution in [0.2, 0.25) is 0 Å². The zero-order valence-electron chi connectivity index (χ0n) is 17.1. The van der Waals surface area contributed by atoms with Crippen molar-refractivity contribution < 1.29 is 10.2 Å². The third kappa shape index (κ3) is 3.09. The molecule has 0 saturated carbocycles. The number of aromatic hydroxyl groups is 2. The van der Waals surface area contributed by atoms with Gasteiger partial charge in [0.25, 0.3) is 0 Å². The zero-order valence-corrected chi connectivity index (χ0v) is 21.4. The van der Waals surface area contributed by atoms with Crippen LogP contribution >= 0.6 is 45.2 Å². The molecule has 0 saturated heterocycles. The van der Waals surface area contributed by atoms with Crippen molar-refractivity contribution in [3.05, 3.63) is 113 Å². The topological polar surface area (TPSA) is 40.5 Å². The molecule has 2 N–H and O–H groups in total.